The second-order valence-corrected chi connectivity index (χ2v) is 5.26. The number of hydrogen-bond donors (Lipinski definition) is 3. The molecular weight excluding hydrogens is 290 g/mol. The zero-order valence-electron chi connectivity index (χ0n) is 11.2. The summed E-state index contributed by atoms with van der Waals surface area (Å²) in [7, 11) is 1.80. The summed E-state index contributed by atoms with van der Waals surface area (Å²) in [6, 6.07) is 1.50. The first-order valence-electron chi connectivity index (χ1n) is 6.00. The average Bonchev–Trinajstić information content (AvgIpc) is 2.78. The van der Waals surface area contributed by atoms with E-state index in [2.05, 4.69) is 25.0 Å². The Kier molecular flexibility index (Phi) is 3.22. The molecule has 108 valence electrons. The summed E-state index contributed by atoms with van der Waals surface area (Å²) in [5, 5.41) is 5.31. The molecule has 0 aromatic carbocycles. The molecule has 0 saturated carbocycles. The van der Waals surface area contributed by atoms with Crippen LogP contribution in [0.1, 0.15) is 5.82 Å². The summed E-state index contributed by atoms with van der Waals surface area (Å²) >= 11 is 1.34. The summed E-state index contributed by atoms with van der Waals surface area (Å²) in [6.07, 6.45) is 1.64. The molecule has 3 aromatic heterocycles. The van der Waals surface area contributed by atoms with Crippen molar-refractivity contribution >= 4 is 40.2 Å². The summed E-state index contributed by atoms with van der Waals surface area (Å²) < 4.78 is 1.65. The summed E-state index contributed by atoms with van der Waals surface area (Å²) in [4.78, 5) is 16.8. The predicted octanol–water partition coefficient (Wildman–Crippen LogP) is 0.192. The lowest BCUT2D eigenvalue weighted by Crippen LogP contribution is -2.03. The lowest BCUT2D eigenvalue weighted by molar-refractivity contribution is 0.782. The molecule has 9 nitrogen and oxygen atoms in total. The maximum atomic E-state index is 5.90. The van der Waals surface area contributed by atoms with E-state index in [9.17, 15) is 0 Å². The molecule has 0 aliphatic carbocycles. The highest BCUT2D eigenvalue weighted by molar-refractivity contribution is 7.98. The van der Waals surface area contributed by atoms with E-state index in [-0.39, 0.29) is 0 Å². The highest BCUT2D eigenvalue weighted by Crippen LogP contribution is 2.22. The fourth-order valence-corrected chi connectivity index (χ4v) is 2.54. The first-order valence-corrected chi connectivity index (χ1v) is 6.98. The van der Waals surface area contributed by atoms with Crippen LogP contribution < -0.4 is 17.2 Å². The van der Waals surface area contributed by atoms with E-state index in [0.29, 0.717) is 39.8 Å². The van der Waals surface area contributed by atoms with Crippen molar-refractivity contribution in [2.24, 2.45) is 7.05 Å². The van der Waals surface area contributed by atoms with Gasteiger partial charge in [0.2, 0.25) is 0 Å². The van der Waals surface area contributed by atoms with Gasteiger partial charge in [-0.05, 0) is 0 Å². The number of fused-ring (bicyclic) bond motifs is 1. The number of nitrogens with zero attached hydrogens (tertiary/aromatic N) is 6. The van der Waals surface area contributed by atoms with Gasteiger partial charge in [-0.15, -0.1) is 0 Å². The number of nitrogen functional groups attached to an aromatic ring is 3. The maximum Gasteiger partial charge on any atom is 0.191 e. The second kappa shape index (κ2) is 5.05. The highest BCUT2D eigenvalue weighted by atomic mass is 32.2. The molecule has 10 heteroatoms. The van der Waals surface area contributed by atoms with Crippen LogP contribution in [0.25, 0.3) is 11.0 Å². The molecule has 6 N–H and O–H groups in total. The Bertz CT molecular complexity index is 793. The van der Waals surface area contributed by atoms with Crippen molar-refractivity contribution in [3.63, 3.8) is 0 Å². The fourth-order valence-electron chi connectivity index (χ4n) is 1.81. The molecule has 0 saturated heterocycles. The molecule has 0 atom stereocenters. The topological polar surface area (TPSA) is 147 Å². The zero-order valence-corrected chi connectivity index (χ0v) is 12.0. The fraction of sp³-hybridized carbons (Fsp3) is 0.182. The second-order valence-electron chi connectivity index (χ2n) is 4.32. The smallest absolute Gasteiger partial charge is 0.191 e. The minimum atomic E-state index is 0.326. The van der Waals surface area contributed by atoms with E-state index in [4.69, 9.17) is 17.2 Å². The minimum Gasteiger partial charge on any atom is -0.383 e. The summed E-state index contributed by atoms with van der Waals surface area (Å²) in [5.74, 6) is 2.07. The van der Waals surface area contributed by atoms with Crippen LogP contribution in [0.4, 0.5) is 17.5 Å². The molecule has 3 rings (SSSR count). The number of thioether (sulfide) groups is 1. The van der Waals surface area contributed by atoms with Crippen LogP contribution in [0.3, 0.4) is 0 Å². The Morgan fingerprint density at radius 3 is 2.52 bits per heavy atom. The Balaban J connectivity index is 1.86. The molecule has 0 bridgehead atoms. The number of nitrogens with two attached hydrogens (primary N) is 3. The van der Waals surface area contributed by atoms with Gasteiger partial charge in [-0.1, -0.05) is 11.8 Å². The van der Waals surface area contributed by atoms with Gasteiger partial charge in [0.15, 0.2) is 10.8 Å². The van der Waals surface area contributed by atoms with Crippen molar-refractivity contribution in [3.8, 4) is 0 Å². The molecule has 0 spiro atoms. The highest BCUT2D eigenvalue weighted by Gasteiger charge is 2.10. The maximum absolute atomic E-state index is 5.90. The predicted molar refractivity (Wildman–Crippen MR) is 81.1 cm³/mol. The van der Waals surface area contributed by atoms with Crippen molar-refractivity contribution in [2.45, 2.75) is 10.9 Å². The van der Waals surface area contributed by atoms with E-state index in [1.807, 2.05) is 0 Å². The monoisotopic (exact) mass is 303 g/mol. The minimum absolute atomic E-state index is 0.326. The van der Waals surface area contributed by atoms with E-state index in [1.54, 1.807) is 17.9 Å². The number of anilines is 3. The molecule has 0 unspecified atom stereocenters. The molecule has 0 aliphatic rings. The summed E-state index contributed by atoms with van der Waals surface area (Å²) in [6.45, 7) is 0. The molecule has 21 heavy (non-hydrogen) atoms. The van der Waals surface area contributed by atoms with Gasteiger partial charge in [-0.25, -0.2) is 19.9 Å². The number of hydrogen-bond acceptors (Lipinski definition) is 9. The van der Waals surface area contributed by atoms with E-state index < -0.39 is 0 Å². The van der Waals surface area contributed by atoms with Gasteiger partial charge in [0.25, 0.3) is 0 Å². The largest absolute Gasteiger partial charge is 0.383 e. The third-order valence-electron chi connectivity index (χ3n) is 2.74. The number of aryl methyl sites for hydroxylation is 1. The molecule has 3 heterocycles. The SMILES string of the molecule is Cn1ncc2c(N)nc(CSc3nc(N)cc(N)n3)nc21. The Morgan fingerprint density at radius 2 is 1.81 bits per heavy atom. The molecule has 3 aromatic rings. The zero-order chi connectivity index (χ0) is 15.0. The first-order chi connectivity index (χ1) is 10.0. The van der Waals surface area contributed by atoms with Crippen molar-refractivity contribution < 1.29 is 0 Å². The van der Waals surface area contributed by atoms with Gasteiger partial charge < -0.3 is 17.2 Å². The molecule has 0 aliphatic heterocycles. The van der Waals surface area contributed by atoms with Crippen molar-refractivity contribution in [1.29, 1.82) is 0 Å². The van der Waals surface area contributed by atoms with Crippen LogP contribution in [0.15, 0.2) is 17.4 Å². The van der Waals surface area contributed by atoms with Crippen molar-refractivity contribution in [2.75, 3.05) is 17.2 Å². The van der Waals surface area contributed by atoms with Gasteiger partial charge in [0.1, 0.15) is 23.3 Å². The summed E-state index contributed by atoms with van der Waals surface area (Å²) in [5.41, 5.74) is 17.8. The average molecular weight is 303 g/mol. The van der Waals surface area contributed by atoms with E-state index in [1.165, 1.54) is 17.8 Å². The third-order valence-corrected chi connectivity index (χ3v) is 3.59. The Hall–Kier alpha value is -2.62. The molecule has 0 fully saturated rings. The van der Waals surface area contributed by atoms with E-state index >= 15 is 0 Å². The van der Waals surface area contributed by atoms with Gasteiger partial charge in [0, 0.05) is 13.1 Å². The van der Waals surface area contributed by atoms with Crippen LogP contribution in [0.2, 0.25) is 0 Å². The number of aromatic nitrogens is 6. The van der Waals surface area contributed by atoms with Crippen LogP contribution in [-0.4, -0.2) is 29.7 Å². The lowest BCUT2D eigenvalue weighted by Gasteiger charge is -2.04. The standard InChI is InChI=1S/C11H13N9S/c1-20-10-5(3-15-20)9(14)18-8(19-10)4-21-11-16-6(12)2-7(13)17-11/h2-3H,4H2,1H3,(H2,14,18,19)(H4,12,13,16,17). The van der Waals surface area contributed by atoms with Crippen LogP contribution in [0, 0.1) is 0 Å². The van der Waals surface area contributed by atoms with Gasteiger partial charge in [-0.2, -0.15) is 5.10 Å². The van der Waals surface area contributed by atoms with Crippen LogP contribution in [0.5, 0.6) is 0 Å². The van der Waals surface area contributed by atoms with Gasteiger partial charge in [0.05, 0.1) is 17.3 Å². The Morgan fingerprint density at radius 1 is 1.10 bits per heavy atom. The Labute approximate surface area is 124 Å². The van der Waals surface area contributed by atoms with Crippen molar-refractivity contribution in [1.82, 2.24) is 29.7 Å². The molecular formula is C11H13N9S. The third kappa shape index (κ3) is 2.65. The van der Waals surface area contributed by atoms with E-state index in [0.717, 1.165) is 5.39 Å². The van der Waals surface area contributed by atoms with Crippen LogP contribution >= 0.6 is 11.8 Å². The van der Waals surface area contributed by atoms with Crippen LogP contribution in [-0.2, 0) is 12.8 Å². The van der Waals surface area contributed by atoms with Gasteiger partial charge >= 0.3 is 0 Å². The molecule has 0 amide bonds. The van der Waals surface area contributed by atoms with Gasteiger partial charge in [-0.3, -0.25) is 4.68 Å². The lowest BCUT2D eigenvalue weighted by atomic mass is 10.4. The molecule has 0 radical (unpaired) electrons. The normalized spacial score (nSPS) is 11.1. The number of rotatable bonds is 3. The van der Waals surface area contributed by atoms with Crippen molar-refractivity contribution in [3.05, 3.63) is 18.1 Å². The quantitative estimate of drug-likeness (QED) is 0.455. The first kappa shape index (κ1) is 13.4.